The Balaban J connectivity index is 1.69. The van der Waals surface area contributed by atoms with Gasteiger partial charge < -0.3 is 9.47 Å². The zero-order valence-electron chi connectivity index (χ0n) is 14.0. The molecular formula is C19H18N2O3S. The summed E-state index contributed by atoms with van der Waals surface area (Å²) in [6, 6.07) is 14.8. The first-order valence-corrected chi connectivity index (χ1v) is 8.67. The van der Waals surface area contributed by atoms with E-state index in [9.17, 15) is 4.79 Å². The normalized spacial score (nSPS) is 10.5. The summed E-state index contributed by atoms with van der Waals surface area (Å²) in [5.74, 6) is 1.91. The molecule has 0 amide bonds. The van der Waals surface area contributed by atoms with Crippen molar-refractivity contribution in [1.29, 1.82) is 0 Å². The fourth-order valence-electron chi connectivity index (χ4n) is 2.33. The molecule has 0 atom stereocenters. The molecule has 0 aliphatic heterocycles. The zero-order chi connectivity index (χ0) is 17.6. The third-order valence-electron chi connectivity index (χ3n) is 3.70. The molecule has 3 rings (SSSR count). The highest BCUT2D eigenvalue weighted by atomic mass is 32.2. The topological polar surface area (TPSA) is 53.3 Å². The minimum atomic E-state index is 0.0527. The predicted octanol–water partition coefficient (Wildman–Crippen LogP) is 3.86. The number of carbonyl (C=O) groups is 1. The summed E-state index contributed by atoms with van der Waals surface area (Å²) in [5.41, 5.74) is 1.63. The second kappa shape index (κ2) is 7.90. The third kappa shape index (κ3) is 4.03. The molecule has 2 aromatic carbocycles. The minimum Gasteiger partial charge on any atom is -0.497 e. The van der Waals surface area contributed by atoms with Crippen molar-refractivity contribution in [2.75, 3.05) is 20.0 Å². The van der Waals surface area contributed by atoms with Crippen molar-refractivity contribution in [3.05, 3.63) is 66.5 Å². The van der Waals surface area contributed by atoms with Gasteiger partial charge in [-0.3, -0.25) is 9.36 Å². The number of imidazole rings is 1. The van der Waals surface area contributed by atoms with E-state index in [2.05, 4.69) is 4.98 Å². The Morgan fingerprint density at radius 1 is 1.00 bits per heavy atom. The number of aromatic nitrogens is 2. The van der Waals surface area contributed by atoms with Crippen LogP contribution in [0.5, 0.6) is 11.5 Å². The van der Waals surface area contributed by atoms with Crippen LogP contribution in [0.15, 0.2) is 66.1 Å². The zero-order valence-corrected chi connectivity index (χ0v) is 14.8. The van der Waals surface area contributed by atoms with E-state index in [1.54, 1.807) is 44.7 Å². The molecule has 0 unspecified atom stereocenters. The molecule has 5 nitrogen and oxygen atoms in total. The van der Waals surface area contributed by atoms with Gasteiger partial charge in [-0.2, -0.15) is 0 Å². The Hall–Kier alpha value is -2.73. The second-order valence-corrected chi connectivity index (χ2v) is 6.16. The van der Waals surface area contributed by atoms with Crippen molar-refractivity contribution >= 4 is 17.5 Å². The lowest BCUT2D eigenvalue weighted by atomic mass is 10.1. The van der Waals surface area contributed by atoms with Crippen LogP contribution in [0.2, 0.25) is 0 Å². The number of methoxy groups -OCH3 is 2. The molecular weight excluding hydrogens is 336 g/mol. The van der Waals surface area contributed by atoms with Crippen molar-refractivity contribution in [3.8, 4) is 17.2 Å². The Bertz CT molecular complexity index is 842. The second-order valence-electron chi connectivity index (χ2n) is 5.22. The Morgan fingerprint density at radius 3 is 2.20 bits per heavy atom. The number of benzene rings is 2. The first kappa shape index (κ1) is 17.1. The molecule has 0 saturated carbocycles. The summed E-state index contributed by atoms with van der Waals surface area (Å²) in [6.45, 7) is 0. The number of thioether (sulfide) groups is 1. The predicted molar refractivity (Wildman–Crippen MR) is 98.2 cm³/mol. The van der Waals surface area contributed by atoms with Gasteiger partial charge in [-0.1, -0.05) is 11.8 Å². The molecule has 0 bridgehead atoms. The number of ether oxygens (including phenoxy) is 2. The van der Waals surface area contributed by atoms with Crippen LogP contribution in [-0.2, 0) is 0 Å². The van der Waals surface area contributed by atoms with Gasteiger partial charge in [0.15, 0.2) is 10.9 Å². The highest BCUT2D eigenvalue weighted by Crippen LogP contribution is 2.23. The maximum atomic E-state index is 12.4. The molecule has 128 valence electrons. The van der Waals surface area contributed by atoms with E-state index in [1.807, 2.05) is 35.0 Å². The standard InChI is InChI=1S/C19H18N2O3S/c1-23-16-7-3-14(4-8-16)18(22)13-25-19-20-11-12-21(19)15-5-9-17(24-2)10-6-15/h3-12H,13H2,1-2H3. The smallest absolute Gasteiger partial charge is 0.173 e. The molecule has 0 spiro atoms. The van der Waals surface area contributed by atoms with E-state index in [4.69, 9.17) is 9.47 Å². The number of carbonyl (C=O) groups excluding carboxylic acids is 1. The fourth-order valence-corrected chi connectivity index (χ4v) is 3.19. The van der Waals surface area contributed by atoms with Crippen LogP contribution in [0.3, 0.4) is 0 Å². The van der Waals surface area contributed by atoms with Gasteiger partial charge in [-0.25, -0.2) is 4.98 Å². The SMILES string of the molecule is COc1ccc(C(=O)CSc2nccn2-c2ccc(OC)cc2)cc1. The van der Waals surface area contributed by atoms with Crippen molar-refractivity contribution in [3.63, 3.8) is 0 Å². The van der Waals surface area contributed by atoms with Crippen molar-refractivity contribution in [2.45, 2.75) is 5.16 Å². The quantitative estimate of drug-likeness (QED) is 0.476. The summed E-state index contributed by atoms with van der Waals surface area (Å²) in [7, 11) is 3.24. The minimum absolute atomic E-state index is 0.0527. The lowest BCUT2D eigenvalue weighted by molar-refractivity contribution is 0.102. The molecule has 3 aromatic rings. The van der Waals surface area contributed by atoms with Crippen LogP contribution < -0.4 is 9.47 Å². The molecule has 0 N–H and O–H groups in total. The summed E-state index contributed by atoms with van der Waals surface area (Å²) >= 11 is 1.41. The van der Waals surface area contributed by atoms with Crippen molar-refractivity contribution in [2.24, 2.45) is 0 Å². The molecule has 0 fully saturated rings. The van der Waals surface area contributed by atoms with E-state index in [1.165, 1.54) is 11.8 Å². The summed E-state index contributed by atoms with van der Waals surface area (Å²) in [4.78, 5) is 16.7. The highest BCUT2D eigenvalue weighted by Gasteiger charge is 2.11. The van der Waals surface area contributed by atoms with Gasteiger partial charge in [0.05, 0.1) is 20.0 Å². The maximum absolute atomic E-state index is 12.4. The number of hydrogen-bond donors (Lipinski definition) is 0. The monoisotopic (exact) mass is 354 g/mol. The number of rotatable bonds is 7. The molecule has 0 radical (unpaired) electrons. The van der Waals surface area contributed by atoms with Gasteiger partial charge in [0.25, 0.3) is 0 Å². The number of Topliss-reactive ketones (excluding diaryl/α,β-unsaturated/α-hetero) is 1. The van der Waals surface area contributed by atoms with Crippen LogP contribution in [0.4, 0.5) is 0 Å². The Morgan fingerprint density at radius 2 is 1.60 bits per heavy atom. The van der Waals surface area contributed by atoms with Gasteiger partial charge in [-0.05, 0) is 48.5 Å². The van der Waals surface area contributed by atoms with Gasteiger partial charge in [-0.15, -0.1) is 0 Å². The molecule has 25 heavy (non-hydrogen) atoms. The van der Waals surface area contributed by atoms with Crippen molar-refractivity contribution < 1.29 is 14.3 Å². The van der Waals surface area contributed by atoms with E-state index in [0.29, 0.717) is 11.3 Å². The van der Waals surface area contributed by atoms with Crippen LogP contribution in [0.1, 0.15) is 10.4 Å². The molecule has 1 heterocycles. The van der Waals surface area contributed by atoms with E-state index >= 15 is 0 Å². The number of ketones is 1. The average Bonchev–Trinajstić information content (AvgIpc) is 3.15. The summed E-state index contributed by atoms with van der Waals surface area (Å²) < 4.78 is 12.2. The first-order chi connectivity index (χ1) is 12.2. The van der Waals surface area contributed by atoms with Gasteiger partial charge in [0.1, 0.15) is 11.5 Å². The number of nitrogens with zero attached hydrogens (tertiary/aromatic N) is 2. The summed E-state index contributed by atoms with van der Waals surface area (Å²) in [5, 5.41) is 0.770. The fraction of sp³-hybridized carbons (Fsp3) is 0.158. The Kier molecular flexibility index (Phi) is 5.40. The first-order valence-electron chi connectivity index (χ1n) is 7.69. The highest BCUT2D eigenvalue weighted by molar-refractivity contribution is 7.99. The molecule has 0 saturated heterocycles. The maximum Gasteiger partial charge on any atom is 0.173 e. The van der Waals surface area contributed by atoms with Crippen LogP contribution >= 0.6 is 11.8 Å². The molecule has 0 aliphatic rings. The number of hydrogen-bond acceptors (Lipinski definition) is 5. The van der Waals surface area contributed by atoms with Crippen LogP contribution in [0.25, 0.3) is 5.69 Å². The lowest BCUT2D eigenvalue weighted by Gasteiger charge is -2.08. The van der Waals surface area contributed by atoms with Gasteiger partial charge in [0, 0.05) is 23.6 Å². The van der Waals surface area contributed by atoms with E-state index in [0.717, 1.165) is 22.3 Å². The molecule has 0 aliphatic carbocycles. The Labute approximate surface area is 150 Å². The molecule has 6 heteroatoms. The lowest BCUT2D eigenvalue weighted by Crippen LogP contribution is -2.04. The molecule has 1 aromatic heterocycles. The van der Waals surface area contributed by atoms with Crippen molar-refractivity contribution in [1.82, 2.24) is 9.55 Å². The van der Waals surface area contributed by atoms with Gasteiger partial charge in [0.2, 0.25) is 0 Å². The van der Waals surface area contributed by atoms with Crippen LogP contribution in [-0.4, -0.2) is 35.3 Å². The van der Waals surface area contributed by atoms with E-state index < -0.39 is 0 Å². The average molecular weight is 354 g/mol. The third-order valence-corrected chi connectivity index (χ3v) is 4.67. The van der Waals surface area contributed by atoms with Gasteiger partial charge >= 0.3 is 0 Å². The summed E-state index contributed by atoms with van der Waals surface area (Å²) in [6.07, 6.45) is 3.60. The van der Waals surface area contributed by atoms with Crippen LogP contribution in [0, 0.1) is 0 Å². The largest absolute Gasteiger partial charge is 0.497 e. The van der Waals surface area contributed by atoms with E-state index in [-0.39, 0.29) is 5.78 Å².